The van der Waals surface area contributed by atoms with Gasteiger partial charge in [0.05, 0.1) is 12.8 Å². The average molecular weight is 296 g/mol. The minimum absolute atomic E-state index is 0.204. The lowest BCUT2D eigenvalue weighted by Gasteiger charge is -2.38. The van der Waals surface area contributed by atoms with E-state index in [4.69, 9.17) is 4.74 Å². The van der Waals surface area contributed by atoms with E-state index >= 15 is 0 Å². The molecule has 1 aliphatic heterocycles. The number of amides is 1. The van der Waals surface area contributed by atoms with Crippen LogP contribution < -0.4 is 5.32 Å². The Morgan fingerprint density at radius 1 is 1.57 bits per heavy atom. The summed E-state index contributed by atoms with van der Waals surface area (Å²) in [7, 11) is 3.46. The molecule has 1 aromatic rings. The zero-order valence-corrected chi connectivity index (χ0v) is 12.7. The van der Waals surface area contributed by atoms with Crippen LogP contribution in [0.3, 0.4) is 0 Å². The number of likely N-dealkylation sites (tertiary alicyclic amines) is 1. The number of piperidine rings is 1. The first kappa shape index (κ1) is 15.9. The average Bonchev–Trinajstić information content (AvgIpc) is 2.86. The van der Waals surface area contributed by atoms with E-state index in [1.165, 1.54) is 0 Å². The van der Waals surface area contributed by atoms with Gasteiger partial charge < -0.3 is 20.1 Å². The molecule has 21 heavy (non-hydrogen) atoms. The van der Waals surface area contributed by atoms with E-state index in [0.29, 0.717) is 32.7 Å². The van der Waals surface area contributed by atoms with Gasteiger partial charge in [-0.2, -0.15) is 5.10 Å². The third kappa shape index (κ3) is 4.03. The van der Waals surface area contributed by atoms with Crippen molar-refractivity contribution in [3.8, 4) is 0 Å². The molecule has 1 amide bonds. The molecule has 1 atom stereocenters. The van der Waals surface area contributed by atoms with Crippen LogP contribution in [0.25, 0.3) is 0 Å². The maximum atomic E-state index is 12.4. The SMILES string of the molecule is COCCN1CCCC(O)(CNCc2cnn(C)c2)C1=O. The summed E-state index contributed by atoms with van der Waals surface area (Å²) in [5.74, 6) is -0.204. The lowest BCUT2D eigenvalue weighted by Crippen LogP contribution is -2.58. The third-order valence-electron chi connectivity index (χ3n) is 3.77. The van der Waals surface area contributed by atoms with Crippen LogP contribution in [-0.2, 0) is 23.1 Å². The van der Waals surface area contributed by atoms with Gasteiger partial charge in [-0.25, -0.2) is 0 Å². The Morgan fingerprint density at radius 2 is 2.38 bits per heavy atom. The predicted molar refractivity (Wildman–Crippen MR) is 77.6 cm³/mol. The number of aromatic nitrogens is 2. The monoisotopic (exact) mass is 296 g/mol. The fourth-order valence-corrected chi connectivity index (χ4v) is 2.62. The molecule has 0 radical (unpaired) electrons. The Labute approximate surface area is 124 Å². The Morgan fingerprint density at radius 3 is 3.05 bits per heavy atom. The molecular weight excluding hydrogens is 272 g/mol. The largest absolute Gasteiger partial charge is 0.383 e. The zero-order valence-electron chi connectivity index (χ0n) is 12.7. The van der Waals surface area contributed by atoms with Crippen molar-refractivity contribution in [2.45, 2.75) is 25.0 Å². The first-order valence-corrected chi connectivity index (χ1v) is 7.24. The predicted octanol–water partition coefficient (Wildman–Crippen LogP) is -0.490. The van der Waals surface area contributed by atoms with E-state index in [0.717, 1.165) is 12.0 Å². The van der Waals surface area contributed by atoms with E-state index < -0.39 is 5.60 Å². The molecule has 1 aliphatic rings. The Kier molecular flexibility index (Phi) is 5.33. The fraction of sp³-hybridized carbons (Fsp3) is 0.714. The first-order valence-electron chi connectivity index (χ1n) is 7.24. The van der Waals surface area contributed by atoms with Gasteiger partial charge in [-0.15, -0.1) is 0 Å². The number of carbonyl (C=O) groups is 1. The highest BCUT2D eigenvalue weighted by molar-refractivity contribution is 5.86. The molecule has 7 heteroatoms. The van der Waals surface area contributed by atoms with Crippen molar-refractivity contribution in [1.82, 2.24) is 20.0 Å². The second-order valence-electron chi connectivity index (χ2n) is 5.55. The lowest BCUT2D eigenvalue weighted by molar-refractivity contribution is -0.157. The van der Waals surface area contributed by atoms with Crippen molar-refractivity contribution in [2.75, 3.05) is 33.4 Å². The van der Waals surface area contributed by atoms with Crippen molar-refractivity contribution in [3.63, 3.8) is 0 Å². The summed E-state index contributed by atoms with van der Waals surface area (Å²) in [4.78, 5) is 14.0. The Hall–Kier alpha value is -1.44. The summed E-state index contributed by atoms with van der Waals surface area (Å²) < 4.78 is 6.73. The van der Waals surface area contributed by atoms with Crippen LogP contribution in [-0.4, -0.2) is 64.6 Å². The van der Waals surface area contributed by atoms with Gasteiger partial charge in [0.1, 0.15) is 0 Å². The number of methoxy groups -OCH3 is 1. The van der Waals surface area contributed by atoms with Crippen LogP contribution in [0.5, 0.6) is 0 Å². The van der Waals surface area contributed by atoms with Gasteiger partial charge in [0.25, 0.3) is 5.91 Å². The Balaban J connectivity index is 1.86. The maximum Gasteiger partial charge on any atom is 0.255 e. The molecule has 2 heterocycles. The van der Waals surface area contributed by atoms with Crippen LogP contribution in [0.15, 0.2) is 12.4 Å². The molecule has 7 nitrogen and oxygen atoms in total. The maximum absolute atomic E-state index is 12.4. The minimum atomic E-state index is -1.31. The number of aryl methyl sites for hydroxylation is 1. The molecule has 1 saturated heterocycles. The van der Waals surface area contributed by atoms with Crippen LogP contribution in [0, 0.1) is 0 Å². The van der Waals surface area contributed by atoms with Gasteiger partial charge in [-0.3, -0.25) is 9.48 Å². The van der Waals surface area contributed by atoms with Crippen molar-refractivity contribution < 1.29 is 14.6 Å². The molecule has 1 aromatic heterocycles. The molecule has 1 unspecified atom stereocenters. The molecule has 0 spiro atoms. The number of nitrogens with zero attached hydrogens (tertiary/aromatic N) is 3. The van der Waals surface area contributed by atoms with Gasteiger partial charge in [0, 0.05) is 52.1 Å². The summed E-state index contributed by atoms with van der Waals surface area (Å²) in [5.41, 5.74) is -0.283. The second-order valence-corrected chi connectivity index (χ2v) is 5.55. The fourth-order valence-electron chi connectivity index (χ4n) is 2.62. The number of hydrogen-bond donors (Lipinski definition) is 2. The van der Waals surface area contributed by atoms with Crippen molar-refractivity contribution in [2.24, 2.45) is 7.05 Å². The van der Waals surface area contributed by atoms with E-state index in [1.54, 1.807) is 22.9 Å². The number of ether oxygens (including phenoxy) is 1. The Bertz CT molecular complexity index is 477. The zero-order chi connectivity index (χ0) is 15.3. The van der Waals surface area contributed by atoms with E-state index in [2.05, 4.69) is 10.4 Å². The summed E-state index contributed by atoms with van der Waals surface area (Å²) >= 11 is 0. The highest BCUT2D eigenvalue weighted by Gasteiger charge is 2.41. The molecule has 118 valence electrons. The second kappa shape index (κ2) is 7.02. The summed E-state index contributed by atoms with van der Waals surface area (Å²) in [6, 6.07) is 0. The van der Waals surface area contributed by atoms with E-state index in [-0.39, 0.29) is 12.5 Å². The van der Waals surface area contributed by atoms with Crippen molar-refractivity contribution in [3.05, 3.63) is 18.0 Å². The molecule has 0 aliphatic carbocycles. The smallest absolute Gasteiger partial charge is 0.255 e. The highest BCUT2D eigenvalue weighted by Crippen LogP contribution is 2.22. The molecular formula is C14H24N4O3. The number of carbonyl (C=O) groups excluding carboxylic acids is 1. The summed E-state index contributed by atoms with van der Waals surface area (Å²) in [6.07, 6.45) is 4.98. The number of nitrogens with one attached hydrogen (secondary N) is 1. The van der Waals surface area contributed by atoms with Gasteiger partial charge in [0.2, 0.25) is 0 Å². The van der Waals surface area contributed by atoms with Crippen LogP contribution in [0.4, 0.5) is 0 Å². The van der Waals surface area contributed by atoms with E-state index in [1.807, 2.05) is 13.2 Å². The number of aliphatic hydroxyl groups is 1. The van der Waals surface area contributed by atoms with Gasteiger partial charge in [0.15, 0.2) is 5.60 Å². The first-order chi connectivity index (χ1) is 10.0. The van der Waals surface area contributed by atoms with E-state index in [9.17, 15) is 9.90 Å². The quantitative estimate of drug-likeness (QED) is 0.710. The molecule has 2 rings (SSSR count). The number of rotatable bonds is 7. The van der Waals surface area contributed by atoms with Gasteiger partial charge >= 0.3 is 0 Å². The molecule has 2 N–H and O–H groups in total. The molecule has 0 bridgehead atoms. The van der Waals surface area contributed by atoms with Gasteiger partial charge in [-0.05, 0) is 12.8 Å². The summed E-state index contributed by atoms with van der Waals surface area (Å²) in [5, 5.41) is 17.8. The lowest BCUT2D eigenvalue weighted by atomic mass is 9.91. The van der Waals surface area contributed by atoms with Crippen LogP contribution in [0.1, 0.15) is 18.4 Å². The topological polar surface area (TPSA) is 79.6 Å². The van der Waals surface area contributed by atoms with Crippen LogP contribution >= 0.6 is 0 Å². The molecule has 0 saturated carbocycles. The van der Waals surface area contributed by atoms with Crippen molar-refractivity contribution >= 4 is 5.91 Å². The summed E-state index contributed by atoms with van der Waals surface area (Å²) in [6.45, 7) is 2.55. The number of hydrogen-bond acceptors (Lipinski definition) is 5. The van der Waals surface area contributed by atoms with Crippen LogP contribution in [0.2, 0.25) is 0 Å². The third-order valence-corrected chi connectivity index (χ3v) is 3.77. The van der Waals surface area contributed by atoms with Gasteiger partial charge in [-0.1, -0.05) is 0 Å². The normalized spacial score (nSPS) is 22.8. The van der Waals surface area contributed by atoms with Crippen molar-refractivity contribution in [1.29, 1.82) is 0 Å². The molecule has 0 aromatic carbocycles. The highest BCUT2D eigenvalue weighted by atomic mass is 16.5. The molecule has 1 fully saturated rings. The minimum Gasteiger partial charge on any atom is -0.383 e. The standard InChI is InChI=1S/C14H24N4O3/c1-17-10-12(9-16-17)8-15-11-14(20)4-3-5-18(13(14)19)6-7-21-2/h9-10,15,20H,3-8,11H2,1-2H3.